The molecule has 1 fully saturated rings. The summed E-state index contributed by atoms with van der Waals surface area (Å²) in [6.07, 6.45) is -5.61. The number of aliphatic carboxylic acids is 1. The molecule has 9 heteroatoms. The van der Waals surface area contributed by atoms with Gasteiger partial charge in [-0.15, -0.1) is 0 Å². The van der Waals surface area contributed by atoms with E-state index in [0.29, 0.717) is 5.75 Å². The van der Waals surface area contributed by atoms with Gasteiger partial charge in [-0.1, -0.05) is 18.2 Å². The van der Waals surface area contributed by atoms with Gasteiger partial charge in [-0.3, -0.25) is 0 Å². The summed E-state index contributed by atoms with van der Waals surface area (Å²) in [6, 6.07) is 13.9. The summed E-state index contributed by atoms with van der Waals surface area (Å²) in [5, 5.41) is 42.6. The third-order valence-electron chi connectivity index (χ3n) is 6.16. The number of aliphatic hydroxyl groups excluding tert-OH is 3. The summed E-state index contributed by atoms with van der Waals surface area (Å²) in [4.78, 5) is 13.7. The first-order chi connectivity index (χ1) is 15.9. The molecule has 0 aromatic heterocycles. The first-order valence-electron chi connectivity index (χ1n) is 11.1. The van der Waals surface area contributed by atoms with E-state index in [4.69, 9.17) is 9.47 Å². The number of hydrogen-bond donors (Lipinski definition) is 5. The molecular weight excluding hydrogens is 428 g/mol. The number of carbonyl (C=O) groups is 1. The number of aryl methyl sites for hydroxylation is 2. The zero-order chi connectivity index (χ0) is 23.5. The maximum absolute atomic E-state index is 11.4. The number of ether oxygens (including phenoxy) is 2. The Balaban J connectivity index is 1.59. The van der Waals surface area contributed by atoms with Gasteiger partial charge in [0.1, 0.15) is 24.1 Å². The molecule has 33 heavy (non-hydrogen) atoms. The first-order valence-corrected chi connectivity index (χ1v) is 11.1. The Kier molecular flexibility index (Phi) is 7.16. The summed E-state index contributed by atoms with van der Waals surface area (Å²) in [5.41, 5.74) is 4.54. The van der Waals surface area contributed by atoms with Gasteiger partial charge in [0, 0.05) is 17.9 Å². The number of para-hydroxylation sites is 1. The van der Waals surface area contributed by atoms with E-state index in [1.165, 1.54) is 11.3 Å². The number of anilines is 2. The van der Waals surface area contributed by atoms with Crippen molar-refractivity contribution in [3.05, 3.63) is 53.6 Å². The van der Waals surface area contributed by atoms with Gasteiger partial charge in [0.15, 0.2) is 6.10 Å². The number of hydrogen-bond acceptors (Lipinski definition) is 8. The molecule has 5 N–H and O–H groups in total. The van der Waals surface area contributed by atoms with Crippen molar-refractivity contribution in [2.24, 2.45) is 0 Å². The molecule has 2 heterocycles. The van der Waals surface area contributed by atoms with Crippen LogP contribution >= 0.6 is 0 Å². The summed E-state index contributed by atoms with van der Waals surface area (Å²) in [7, 11) is 1.93. The number of rotatable bonds is 7. The number of aliphatic hydroxyl groups is 3. The minimum absolute atomic E-state index is 0.381. The van der Waals surface area contributed by atoms with E-state index in [-0.39, 0.29) is 0 Å². The minimum Gasteiger partial charge on any atom is -0.479 e. The third-order valence-corrected chi connectivity index (χ3v) is 6.16. The fourth-order valence-electron chi connectivity index (χ4n) is 4.42. The van der Waals surface area contributed by atoms with E-state index in [9.17, 15) is 25.2 Å². The van der Waals surface area contributed by atoms with Crippen LogP contribution in [-0.2, 0) is 22.4 Å². The van der Waals surface area contributed by atoms with Crippen LogP contribution in [0.1, 0.15) is 17.5 Å². The number of nitrogens with one attached hydrogen (secondary N) is 1. The van der Waals surface area contributed by atoms with E-state index in [1.807, 2.05) is 31.3 Å². The molecule has 1 saturated heterocycles. The standard InChI is InChI=1S/C24H30N2O7/c1-25-11-4-12-26-17-6-3-2-5-14(17)7-8-15-13-16(9-10-18(15)26)32-24-21(29)19(27)20(28)22(33-24)23(30)31/h2-3,5-6,9-10,13,19-22,24-25,27-29H,4,7-8,11-12H2,1H3,(H,30,31)/t19-,20-,21+,22-,24+/m0/s1. The minimum atomic E-state index is -1.76. The molecule has 2 aliphatic rings. The fourth-order valence-corrected chi connectivity index (χ4v) is 4.42. The number of carboxylic acids is 1. The van der Waals surface area contributed by atoms with Crippen LogP contribution in [0.5, 0.6) is 5.75 Å². The molecule has 0 bridgehead atoms. The van der Waals surface area contributed by atoms with E-state index in [2.05, 4.69) is 22.3 Å². The number of nitrogens with zero attached hydrogens (tertiary/aromatic N) is 1. The predicted molar refractivity (Wildman–Crippen MR) is 121 cm³/mol. The number of benzene rings is 2. The third kappa shape index (κ3) is 4.83. The lowest BCUT2D eigenvalue weighted by molar-refractivity contribution is -0.271. The predicted octanol–water partition coefficient (Wildman–Crippen LogP) is 0.804. The molecule has 2 aromatic carbocycles. The van der Waals surface area contributed by atoms with Gasteiger partial charge < -0.3 is 40.1 Å². The zero-order valence-corrected chi connectivity index (χ0v) is 18.4. The molecule has 0 unspecified atom stereocenters. The average molecular weight is 459 g/mol. The van der Waals surface area contributed by atoms with Crippen molar-refractivity contribution in [3.63, 3.8) is 0 Å². The monoisotopic (exact) mass is 458 g/mol. The maximum Gasteiger partial charge on any atom is 0.335 e. The second kappa shape index (κ2) is 10.1. The van der Waals surface area contributed by atoms with Crippen LogP contribution in [0.4, 0.5) is 11.4 Å². The van der Waals surface area contributed by atoms with Crippen molar-refractivity contribution < 1.29 is 34.7 Å². The molecule has 4 rings (SSSR count). The zero-order valence-electron chi connectivity index (χ0n) is 18.4. The maximum atomic E-state index is 11.4. The van der Waals surface area contributed by atoms with Crippen LogP contribution in [0.15, 0.2) is 42.5 Å². The molecular formula is C24H30N2O7. The number of fused-ring (bicyclic) bond motifs is 2. The van der Waals surface area contributed by atoms with Crippen LogP contribution in [0.3, 0.4) is 0 Å². The van der Waals surface area contributed by atoms with Crippen LogP contribution < -0.4 is 15.0 Å². The van der Waals surface area contributed by atoms with E-state index >= 15 is 0 Å². The Bertz CT molecular complexity index is 985. The van der Waals surface area contributed by atoms with Gasteiger partial charge in [-0.2, -0.15) is 0 Å². The Morgan fingerprint density at radius 2 is 1.79 bits per heavy atom. The summed E-state index contributed by atoms with van der Waals surface area (Å²) in [6.45, 7) is 1.73. The molecule has 0 saturated carbocycles. The second-order valence-electron chi connectivity index (χ2n) is 8.38. The van der Waals surface area contributed by atoms with Crippen molar-refractivity contribution in [3.8, 4) is 5.75 Å². The van der Waals surface area contributed by atoms with Crippen molar-refractivity contribution in [1.29, 1.82) is 0 Å². The fraction of sp³-hybridized carbons (Fsp3) is 0.458. The van der Waals surface area contributed by atoms with Crippen LogP contribution in [-0.4, -0.2) is 77.2 Å². The summed E-state index contributed by atoms with van der Waals surface area (Å²) in [5.74, 6) is -1.06. The summed E-state index contributed by atoms with van der Waals surface area (Å²) >= 11 is 0. The molecule has 178 valence electrons. The van der Waals surface area contributed by atoms with Gasteiger partial charge in [0.2, 0.25) is 6.29 Å². The molecule has 2 aromatic rings. The van der Waals surface area contributed by atoms with E-state index in [0.717, 1.165) is 43.6 Å². The van der Waals surface area contributed by atoms with Gasteiger partial charge in [-0.05, 0) is 68.2 Å². The lowest BCUT2D eigenvalue weighted by atomic mass is 9.99. The Morgan fingerprint density at radius 1 is 1.06 bits per heavy atom. The molecule has 5 atom stereocenters. The van der Waals surface area contributed by atoms with Crippen LogP contribution in [0.25, 0.3) is 0 Å². The van der Waals surface area contributed by atoms with Gasteiger partial charge in [-0.25, -0.2) is 4.79 Å². The Hall–Kier alpha value is -2.69. The van der Waals surface area contributed by atoms with E-state index < -0.39 is 36.7 Å². The molecule has 9 nitrogen and oxygen atoms in total. The highest BCUT2D eigenvalue weighted by molar-refractivity contribution is 5.73. The molecule has 0 radical (unpaired) electrons. The Labute approximate surface area is 192 Å². The SMILES string of the molecule is CNCCCN1c2ccccc2CCc2cc(O[C@@H]3O[C@H](C(=O)O)[C@@H](O)[C@H](O)[C@H]3O)ccc21. The average Bonchev–Trinajstić information content (AvgIpc) is 2.96. The van der Waals surface area contributed by atoms with Crippen molar-refractivity contribution in [1.82, 2.24) is 5.32 Å². The lowest BCUT2D eigenvalue weighted by Crippen LogP contribution is -2.61. The molecule has 0 spiro atoms. The normalized spacial score (nSPS) is 26.8. The summed E-state index contributed by atoms with van der Waals surface area (Å²) < 4.78 is 11.0. The smallest absolute Gasteiger partial charge is 0.335 e. The highest BCUT2D eigenvalue weighted by Gasteiger charge is 2.48. The first kappa shape index (κ1) is 23.5. The molecule has 2 aliphatic heterocycles. The largest absolute Gasteiger partial charge is 0.479 e. The van der Waals surface area contributed by atoms with Gasteiger partial charge in [0.25, 0.3) is 0 Å². The van der Waals surface area contributed by atoms with Gasteiger partial charge in [0.05, 0.1) is 0 Å². The van der Waals surface area contributed by atoms with Crippen molar-refractivity contribution in [2.45, 2.75) is 50.0 Å². The van der Waals surface area contributed by atoms with Gasteiger partial charge >= 0.3 is 5.97 Å². The highest BCUT2D eigenvalue weighted by Crippen LogP contribution is 2.38. The molecule has 0 amide bonds. The molecule has 0 aliphatic carbocycles. The second-order valence-corrected chi connectivity index (χ2v) is 8.38. The lowest BCUT2D eigenvalue weighted by Gasteiger charge is -2.38. The Morgan fingerprint density at radius 3 is 2.55 bits per heavy atom. The van der Waals surface area contributed by atoms with E-state index in [1.54, 1.807) is 6.07 Å². The van der Waals surface area contributed by atoms with Crippen LogP contribution in [0.2, 0.25) is 0 Å². The van der Waals surface area contributed by atoms with Crippen molar-refractivity contribution in [2.75, 3.05) is 25.0 Å². The van der Waals surface area contributed by atoms with Crippen molar-refractivity contribution >= 4 is 17.3 Å². The topological polar surface area (TPSA) is 132 Å². The van der Waals surface area contributed by atoms with Crippen LogP contribution in [0, 0.1) is 0 Å². The highest BCUT2D eigenvalue weighted by atomic mass is 16.7. The quantitative estimate of drug-likeness (QED) is 0.382. The number of carboxylic acid groups (broad SMARTS) is 1.